The SMILES string of the molecule is COc1ccc(COC(=O)C2=C(CCl)CS[C@H]3[C@H](NC(=O)/C(=N\O[C@H](Sc4ccc(OC(C)=O)c(OC(C)=O)c4)C(=O)OC(C)(C)C)c4csc(NC(c5ccccc5)(c5ccccc5)c5ccccc5)n4)C(=O)N23)cc1. The zero-order valence-electron chi connectivity index (χ0n) is 42.5. The molecule has 8 rings (SSSR count). The predicted octanol–water partition coefficient (Wildman–Crippen LogP) is 9.22. The minimum atomic E-state index is -1.62. The quantitative estimate of drug-likeness (QED) is 0.00840. The molecule has 5 aromatic carbocycles. The number of halogens is 1. The van der Waals surface area contributed by atoms with Crippen molar-refractivity contribution in [3.05, 3.63) is 178 Å². The van der Waals surface area contributed by atoms with Crippen LogP contribution in [0.25, 0.3) is 0 Å². The van der Waals surface area contributed by atoms with Gasteiger partial charge < -0.3 is 39.2 Å². The lowest BCUT2D eigenvalue weighted by atomic mass is 9.77. The van der Waals surface area contributed by atoms with E-state index < -0.39 is 69.4 Å². The van der Waals surface area contributed by atoms with Crippen LogP contribution in [0.4, 0.5) is 5.13 Å². The first kappa shape index (κ1) is 55.6. The molecule has 6 aromatic rings. The van der Waals surface area contributed by atoms with Crippen LogP contribution in [0.3, 0.4) is 0 Å². The molecule has 77 heavy (non-hydrogen) atoms. The number of aromatic nitrogens is 1. The van der Waals surface area contributed by atoms with Crippen LogP contribution in [0.1, 0.15) is 62.6 Å². The van der Waals surface area contributed by atoms with E-state index in [-0.39, 0.29) is 46.0 Å². The third-order valence-corrected chi connectivity index (χ3v) is 15.0. The maximum Gasteiger partial charge on any atom is 0.361 e. The van der Waals surface area contributed by atoms with Crippen molar-refractivity contribution in [3.8, 4) is 17.2 Å². The number of fused-ring (bicyclic) bond motifs is 1. The molecule has 3 atom stereocenters. The number of rotatable bonds is 20. The fraction of sp³-hybridized carbons (Fsp3) is 0.250. The number of amides is 2. The van der Waals surface area contributed by atoms with Crippen molar-refractivity contribution in [2.24, 2.45) is 5.16 Å². The van der Waals surface area contributed by atoms with Gasteiger partial charge in [0.2, 0.25) is 0 Å². The number of hydrogen-bond donors (Lipinski definition) is 2. The highest BCUT2D eigenvalue weighted by molar-refractivity contribution is 8.00. The number of anilines is 1. The van der Waals surface area contributed by atoms with Crippen LogP contribution >= 0.6 is 46.5 Å². The summed E-state index contributed by atoms with van der Waals surface area (Å²) in [4.78, 5) is 93.4. The van der Waals surface area contributed by atoms with Gasteiger partial charge in [-0.15, -0.1) is 34.7 Å². The van der Waals surface area contributed by atoms with E-state index in [4.69, 9.17) is 45.1 Å². The Morgan fingerprint density at radius 2 is 1.43 bits per heavy atom. The maximum absolute atomic E-state index is 14.9. The summed E-state index contributed by atoms with van der Waals surface area (Å²) in [6, 6.07) is 39.5. The zero-order chi connectivity index (χ0) is 54.9. The van der Waals surface area contributed by atoms with Gasteiger partial charge >= 0.3 is 23.9 Å². The number of oxime groups is 1. The van der Waals surface area contributed by atoms with Gasteiger partial charge in [-0.2, -0.15) is 0 Å². The number of thioether (sulfide) groups is 2. The van der Waals surface area contributed by atoms with Crippen molar-refractivity contribution in [1.82, 2.24) is 15.2 Å². The molecule has 2 aliphatic heterocycles. The van der Waals surface area contributed by atoms with Crippen LogP contribution in [0, 0.1) is 0 Å². The minimum absolute atomic E-state index is 0.000879. The molecule has 1 aromatic heterocycles. The molecule has 0 aliphatic carbocycles. The molecular weight excluding hydrogens is 1070 g/mol. The Labute approximate surface area is 461 Å². The first-order chi connectivity index (χ1) is 37.0. The van der Waals surface area contributed by atoms with Gasteiger partial charge in [-0.05, 0) is 78.9 Å². The van der Waals surface area contributed by atoms with E-state index in [1.54, 1.807) is 57.5 Å². The molecule has 3 heterocycles. The molecule has 1 fully saturated rings. The largest absolute Gasteiger partial charge is 0.497 e. The summed E-state index contributed by atoms with van der Waals surface area (Å²) in [5, 5.41) is 12.0. The summed E-state index contributed by atoms with van der Waals surface area (Å²) in [7, 11) is 1.54. The molecule has 0 radical (unpaired) electrons. The molecule has 21 heteroatoms. The smallest absolute Gasteiger partial charge is 0.361 e. The molecule has 0 spiro atoms. The molecule has 0 saturated carbocycles. The molecule has 0 unspecified atom stereocenters. The Hall–Kier alpha value is -7.65. The predicted molar refractivity (Wildman–Crippen MR) is 293 cm³/mol. The number of β-lactam (4-membered cyclic amide) rings is 1. The van der Waals surface area contributed by atoms with E-state index in [9.17, 15) is 28.8 Å². The fourth-order valence-corrected chi connectivity index (χ4v) is 11.5. The Kier molecular flexibility index (Phi) is 17.7. The fourth-order valence-electron chi connectivity index (χ4n) is 8.23. The average molecular weight is 1120 g/mol. The number of carbonyl (C=O) groups is 6. The second-order valence-electron chi connectivity index (χ2n) is 18.2. The minimum Gasteiger partial charge on any atom is -0.497 e. The monoisotopic (exact) mass is 1120 g/mol. The Morgan fingerprint density at radius 1 is 0.831 bits per heavy atom. The number of esters is 4. The first-order valence-corrected chi connectivity index (χ1v) is 27.2. The lowest BCUT2D eigenvalue weighted by Gasteiger charge is -2.49. The number of ether oxygens (including phenoxy) is 5. The Morgan fingerprint density at radius 3 is 1.99 bits per heavy atom. The highest BCUT2D eigenvalue weighted by Gasteiger charge is 2.55. The number of hydrogen-bond acceptors (Lipinski definition) is 18. The van der Waals surface area contributed by atoms with E-state index in [1.165, 1.54) is 60.0 Å². The lowest BCUT2D eigenvalue weighted by molar-refractivity contribution is -0.162. The summed E-state index contributed by atoms with van der Waals surface area (Å²) in [6.07, 6.45) is 0. The molecule has 1 saturated heterocycles. The van der Waals surface area contributed by atoms with Crippen LogP contribution in [0.15, 0.2) is 160 Å². The van der Waals surface area contributed by atoms with Gasteiger partial charge in [-0.3, -0.25) is 24.1 Å². The van der Waals surface area contributed by atoms with Crippen molar-refractivity contribution in [3.63, 3.8) is 0 Å². The van der Waals surface area contributed by atoms with Gasteiger partial charge in [-0.1, -0.05) is 120 Å². The second kappa shape index (κ2) is 24.6. The van der Waals surface area contributed by atoms with Crippen LogP contribution in [0.2, 0.25) is 0 Å². The maximum atomic E-state index is 14.9. The first-order valence-electron chi connectivity index (χ1n) is 23.9. The van der Waals surface area contributed by atoms with Crippen LogP contribution < -0.4 is 24.8 Å². The second-order valence-corrected chi connectivity index (χ2v) is 21.6. The zero-order valence-corrected chi connectivity index (χ0v) is 45.7. The number of benzene rings is 5. The molecular formula is C56H52ClN5O12S3. The third-order valence-electron chi connectivity index (χ3n) is 11.6. The highest BCUT2D eigenvalue weighted by Crippen LogP contribution is 2.43. The topological polar surface area (TPSA) is 210 Å². The van der Waals surface area contributed by atoms with Crippen LogP contribution in [-0.2, 0) is 55.2 Å². The number of carbonyl (C=O) groups excluding carboxylic acids is 6. The number of nitrogens with zero attached hydrogens (tertiary/aromatic N) is 3. The number of thiazole rings is 1. The van der Waals surface area contributed by atoms with Crippen molar-refractivity contribution in [2.75, 3.05) is 24.1 Å². The van der Waals surface area contributed by atoms with Crippen LogP contribution in [0.5, 0.6) is 17.2 Å². The average Bonchev–Trinajstić information content (AvgIpc) is 3.92. The van der Waals surface area contributed by atoms with Gasteiger partial charge in [0, 0.05) is 35.8 Å². The van der Waals surface area contributed by atoms with Gasteiger partial charge in [0.05, 0.1) is 7.11 Å². The van der Waals surface area contributed by atoms with Gasteiger partial charge in [-0.25, -0.2) is 14.6 Å². The van der Waals surface area contributed by atoms with E-state index in [0.717, 1.165) is 28.5 Å². The Balaban J connectivity index is 1.15. The van der Waals surface area contributed by atoms with Crippen molar-refractivity contribution in [1.29, 1.82) is 0 Å². The molecule has 0 bridgehead atoms. The summed E-state index contributed by atoms with van der Waals surface area (Å²) < 4.78 is 27.2. The van der Waals surface area contributed by atoms with Crippen molar-refractivity contribution in [2.45, 2.75) is 74.1 Å². The van der Waals surface area contributed by atoms with E-state index in [2.05, 4.69) is 15.8 Å². The molecule has 398 valence electrons. The third kappa shape index (κ3) is 13.1. The summed E-state index contributed by atoms with van der Waals surface area (Å²) in [5.74, 6) is -3.91. The normalized spacial score (nSPS) is 15.8. The number of alkyl halides is 1. The standard InChI is InChI=1S/C56H52ClN5O12S3/c1-33(63)71-43-27-26-41(28-44(43)72-34(2)64)77-53(52(68)73-55(3,4)5)74-61-45(42-32-76-54(58-42)60-56(37-16-10-7-11-17-37,38-18-12-8-13-19-38)39-20-14-9-15-21-39)48(65)59-46-49(66)62-47(36(29-57)31-75-50(46)62)51(67)70-30-35-22-24-40(69-6)25-23-35/h7-28,32,46,50,53H,29-31H2,1-6H3,(H,58,60)(H,59,65)/b61-45-/t46-,50+,53-/m1/s1. The molecule has 17 nitrogen and oxygen atoms in total. The molecule has 2 N–H and O–H groups in total. The highest BCUT2D eigenvalue weighted by atomic mass is 35.5. The number of nitrogens with one attached hydrogen (secondary N) is 2. The Bertz CT molecular complexity index is 3110. The van der Waals surface area contributed by atoms with Crippen molar-refractivity contribution < 1.29 is 57.3 Å². The summed E-state index contributed by atoms with van der Waals surface area (Å²) in [6.45, 7) is 7.24. The summed E-state index contributed by atoms with van der Waals surface area (Å²) in [5.41, 5.74) is -0.286. The van der Waals surface area contributed by atoms with E-state index >= 15 is 0 Å². The van der Waals surface area contributed by atoms with E-state index in [0.29, 0.717) is 22.0 Å². The molecule has 2 amide bonds. The summed E-state index contributed by atoms with van der Waals surface area (Å²) >= 11 is 9.59. The van der Waals surface area contributed by atoms with Crippen molar-refractivity contribution >= 4 is 93.0 Å². The van der Waals surface area contributed by atoms with Gasteiger partial charge in [0.1, 0.15) is 46.3 Å². The van der Waals surface area contributed by atoms with Crippen LogP contribution in [-0.4, -0.2) is 92.5 Å². The van der Waals surface area contributed by atoms with Gasteiger partial charge in [0.25, 0.3) is 17.3 Å². The number of methoxy groups -OCH3 is 1. The lowest BCUT2D eigenvalue weighted by Crippen LogP contribution is -2.71. The van der Waals surface area contributed by atoms with E-state index in [1.807, 2.05) is 91.0 Å². The molecule has 2 aliphatic rings. The van der Waals surface area contributed by atoms with Gasteiger partial charge in [0.15, 0.2) is 22.3 Å².